The van der Waals surface area contributed by atoms with E-state index in [1.807, 2.05) is 11.4 Å². The molecule has 0 spiro atoms. The fourth-order valence-electron chi connectivity index (χ4n) is 2.59. The van der Waals surface area contributed by atoms with E-state index < -0.39 is 18.1 Å². The van der Waals surface area contributed by atoms with Crippen molar-refractivity contribution in [3.63, 3.8) is 0 Å². The molecule has 1 aromatic rings. The van der Waals surface area contributed by atoms with Gasteiger partial charge in [0.1, 0.15) is 6.04 Å². The third-order valence-electron chi connectivity index (χ3n) is 3.71. The predicted octanol–water partition coefficient (Wildman–Crippen LogP) is 1.84. The number of aliphatic hydroxyl groups excluding tert-OH is 1. The van der Waals surface area contributed by atoms with Gasteiger partial charge >= 0.3 is 5.97 Å². The second-order valence-corrected chi connectivity index (χ2v) is 6.26. The smallest absolute Gasteiger partial charge is 0.328 e. The van der Waals surface area contributed by atoms with Crippen LogP contribution in [0.5, 0.6) is 0 Å². The number of ether oxygens (including phenoxy) is 1. The average molecular weight is 311 g/mol. The molecule has 2 rings (SSSR count). The highest BCUT2D eigenvalue weighted by Gasteiger charge is 2.36. The highest BCUT2D eigenvalue weighted by atomic mass is 32.1. The van der Waals surface area contributed by atoms with Gasteiger partial charge in [-0.2, -0.15) is 0 Å². The molecule has 1 N–H and O–H groups in total. The van der Waals surface area contributed by atoms with Crippen molar-refractivity contribution in [3.8, 4) is 0 Å². The van der Waals surface area contributed by atoms with Crippen molar-refractivity contribution in [2.75, 3.05) is 13.7 Å². The van der Waals surface area contributed by atoms with Crippen molar-refractivity contribution in [3.05, 3.63) is 21.9 Å². The Morgan fingerprint density at radius 2 is 2.29 bits per heavy atom. The Hall–Kier alpha value is -1.40. The molecule has 2 atom stereocenters. The lowest BCUT2D eigenvalue weighted by molar-refractivity contribution is -0.148. The first-order valence-corrected chi connectivity index (χ1v) is 8.09. The van der Waals surface area contributed by atoms with Crippen molar-refractivity contribution in [2.24, 2.45) is 0 Å². The van der Waals surface area contributed by atoms with E-state index in [-0.39, 0.29) is 12.3 Å². The number of rotatable bonds is 4. The molecule has 0 bridgehead atoms. The van der Waals surface area contributed by atoms with Crippen molar-refractivity contribution in [1.82, 2.24) is 4.90 Å². The standard InChI is InChI=1S/C15H21NO4S/c1-3-4-12-7-10(9-21-12)14(18)16-6-5-11(17)8-13(16)15(19)20-2/h7,9,11,13,17H,3-6,8H2,1-2H3/t11-,13+/m0/s1. The van der Waals surface area contributed by atoms with Gasteiger partial charge in [-0.3, -0.25) is 4.79 Å². The summed E-state index contributed by atoms with van der Waals surface area (Å²) in [6.45, 7) is 2.47. The molecular formula is C15H21NO4S. The van der Waals surface area contributed by atoms with Crippen LogP contribution in [0.2, 0.25) is 0 Å². The Kier molecular flexibility index (Phi) is 5.36. The third kappa shape index (κ3) is 3.63. The molecule has 0 unspecified atom stereocenters. The summed E-state index contributed by atoms with van der Waals surface area (Å²) in [6.07, 6.45) is 2.16. The van der Waals surface area contributed by atoms with Crippen LogP contribution in [0.4, 0.5) is 0 Å². The number of hydrogen-bond donors (Lipinski definition) is 1. The van der Waals surface area contributed by atoms with E-state index >= 15 is 0 Å². The first-order valence-electron chi connectivity index (χ1n) is 7.21. The van der Waals surface area contributed by atoms with Crippen molar-refractivity contribution >= 4 is 23.2 Å². The molecule has 5 nitrogen and oxygen atoms in total. The highest BCUT2D eigenvalue weighted by Crippen LogP contribution is 2.24. The second-order valence-electron chi connectivity index (χ2n) is 5.27. The summed E-state index contributed by atoms with van der Waals surface area (Å²) in [4.78, 5) is 27.1. The van der Waals surface area contributed by atoms with Crippen LogP contribution in [-0.4, -0.2) is 47.7 Å². The number of methoxy groups -OCH3 is 1. The molecule has 1 aliphatic rings. The normalized spacial score (nSPS) is 22.1. The van der Waals surface area contributed by atoms with E-state index in [0.29, 0.717) is 18.5 Å². The molecule has 116 valence electrons. The van der Waals surface area contributed by atoms with Crippen LogP contribution in [0.15, 0.2) is 11.4 Å². The Morgan fingerprint density at radius 3 is 2.95 bits per heavy atom. The van der Waals surface area contributed by atoms with Gasteiger partial charge in [-0.1, -0.05) is 13.3 Å². The van der Waals surface area contributed by atoms with E-state index in [1.165, 1.54) is 16.9 Å². The molecule has 0 radical (unpaired) electrons. The summed E-state index contributed by atoms with van der Waals surface area (Å²) >= 11 is 1.57. The van der Waals surface area contributed by atoms with Gasteiger partial charge in [0.15, 0.2) is 0 Å². The first-order chi connectivity index (χ1) is 10.1. The van der Waals surface area contributed by atoms with Crippen LogP contribution >= 0.6 is 11.3 Å². The lowest BCUT2D eigenvalue weighted by atomic mass is 9.98. The number of piperidine rings is 1. The van der Waals surface area contributed by atoms with E-state index in [2.05, 4.69) is 6.92 Å². The third-order valence-corrected chi connectivity index (χ3v) is 4.70. The molecule has 1 saturated heterocycles. The number of aryl methyl sites for hydroxylation is 1. The number of hydrogen-bond acceptors (Lipinski definition) is 5. The Balaban J connectivity index is 2.16. The minimum atomic E-state index is -0.694. The zero-order valence-corrected chi connectivity index (χ0v) is 13.2. The minimum absolute atomic E-state index is 0.157. The van der Waals surface area contributed by atoms with Gasteiger partial charge in [-0.25, -0.2) is 4.79 Å². The molecule has 1 amide bonds. The van der Waals surface area contributed by atoms with Gasteiger partial charge in [-0.15, -0.1) is 11.3 Å². The first kappa shape index (κ1) is 16.0. The summed E-state index contributed by atoms with van der Waals surface area (Å²) in [5, 5.41) is 11.6. The summed E-state index contributed by atoms with van der Waals surface area (Å²) in [6, 6.07) is 1.20. The van der Waals surface area contributed by atoms with Crippen molar-refractivity contribution < 1.29 is 19.4 Å². The van der Waals surface area contributed by atoms with Crippen molar-refractivity contribution in [2.45, 2.75) is 44.8 Å². The maximum atomic E-state index is 12.6. The summed E-state index contributed by atoms with van der Waals surface area (Å²) in [7, 11) is 1.30. The minimum Gasteiger partial charge on any atom is -0.467 e. The fraction of sp³-hybridized carbons (Fsp3) is 0.600. The lowest BCUT2D eigenvalue weighted by Crippen LogP contribution is -2.51. The van der Waals surface area contributed by atoms with Crippen LogP contribution < -0.4 is 0 Å². The van der Waals surface area contributed by atoms with E-state index in [1.54, 1.807) is 11.3 Å². The number of likely N-dealkylation sites (tertiary alicyclic amines) is 1. The summed E-state index contributed by atoms with van der Waals surface area (Å²) < 4.78 is 4.76. The van der Waals surface area contributed by atoms with E-state index in [4.69, 9.17) is 4.74 Å². The topological polar surface area (TPSA) is 66.8 Å². The van der Waals surface area contributed by atoms with Gasteiger partial charge < -0.3 is 14.7 Å². The molecule has 0 saturated carbocycles. The highest BCUT2D eigenvalue weighted by molar-refractivity contribution is 7.10. The van der Waals surface area contributed by atoms with Crippen LogP contribution in [-0.2, 0) is 16.0 Å². The largest absolute Gasteiger partial charge is 0.467 e. The van der Waals surface area contributed by atoms with Crippen molar-refractivity contribution in [1.29, 1.82) is 0 Å². The molecule has 0 aromatic carbocycles. The van der Waals surface area contributed by atoms with Crippen LogP contribution in [0.1, 0.15) is 41.4 Å². The maximum absolute atomic E-state index is 12.6. The number of carbonyl (C=O) groups is 2. The number of carbonyl (C=O) groups excluding carboxylic acids is 2. The molecule has 1 fully saturated rings. The maximum Gasteiger partial charge on any atom is 0.328 e. The second kappa shape index (κ2) is 7.04. The molecule has 1 aromatic heterocycles. The summed E-state index contributed by atoms with van der Waals surface area (Å²) in [5.74, 6) is -0.623. The quantitative estimate of drug-likeness (QED) is 0.862. The molecular weight excluding hydrogens is 290 g/mol. The number of thiophene rings is 1. The number of nitrogens with zero attached hydrogens (tertiary/aromatic N) is 1. The number of aliphatic hydroxyl groups is 1. The van der Waals surface area contributed by atoms with Gasteiger partial charge in [0.05, 0.1) is 18.8 Å². The van der Waals surface area contributed by atoms with Gasteiger partial charge in [0.25, 0.3) is 5.91 Å². The molecule has 21 heavy (non-hydrogen) atoms. The van der Waals surface area contributed by atoms with Crippen LogP contribution in [0.3, 0.4) is 0 Å². The van der Waals surface area contributed by atoms with E-state index in [9.17, 15) is 14.7 Å². The lowest BCUT2D eigenvalue weighted by Gasteiger charge is -2.35. The average Bonchev–Trinajstić information content (AvgIpc) is 2.94. The molecule has 0 aliphatic carbocycles. The fourth-order valence-corrected chi connectivity index (χ4v) is 3.55. The molecule has 6 heteroatoms. The van der Waals surface area contributed by atoms with Gasteiger partial charge in [0.2, 0.25) is 0 Å². The molecule has 1 aliphatic heterocycles. The number of amides is 1. The predicted molar refractivity (Wildman–Crippen MR) is 80.4 cm³/mol. The van der Waals surface area contributed by atoms with Gasteiger partial charge in [-0.05, 0) is 18.9 Å². The monoisotopic (exact) mass is 311 g/mol. The Morgan fingerprint density at radius 1 is 1.52 bits per heavy atom. The molecule has 2 heterocycles. The zero-order valence-electron chi connectivity index (χ0n) is 12.4. The number of esters is 1. The van der Waals surface area contributed by atoms with Gasteiger partial charge in [0, 0.05) is 23.2 Å². The SMILES string of the molecule is CCCc1cc(C(=O)N2CC[C@H](O)C[C@@H]2C(=O)OC)cs1. The van der Waals surface area contributed by atoms with Crippen LogP contribution in [0.25, 0.3) is 0 Å². The van der Waals surface area contributed by atoms with E-state index in [0.717, 1.165) is 12.8 Å². The zero-order chi connectivity index (χ0) is 15.4. The Labute approximate surface area is 128 Å². The summed E-state index contributed by atoms with van der Waals surface area (Å²) in [5.41, 5.74) is 0.619. The van der Waals surface area contributed by atoms with Crippen LogP contribution in [0, 0.1) is 0 Å². The Bertz CT molecular complexity index is 514.